The van der Waals surface area contributed by atoms with Gasteiger partial charge in [-0.05, 0) is 50.5 Å². The lowest BCUT2D eigenvalue weighted by atomic mass is 10.0. The number of nitrogen functional groups attached to an aromatic ring is 1. The van der Waals surface area contributed by atoms with Crippen molar-refractivity contribution >= 4 is 28.6 Å². The molecule has 0 fully saturated rings. The van der Waals surface area contributed by atoms with Crippen LogP contribution in [0.1, 0.15) is 29.7 Å². The van der Waals surface area contributed by atoms with Crippen molar-refractivity contribution in [2.75, 3.05) is 18.2 Å². The number of hydrogen-bond donors (Lipinski definition) is 2. The van der Waals surface area contributed by atoms with E-state index in [2.05, 4.69) is 20.3 Å². The molecule has 8 heteroatoms. The number of amides is 1. The Morgan fingerprint density at radius 3 is 2.65 bits per heavy atom. The van der Waals surface area contributed by atoms with E-state index in [1.54, 1.807) is 24.9 Å². The number of nitrogens with one attached hydrogen (secondary N) is 1. The molecule has 0 aliphatic carbocycles. The first kappa shape index (κ1) is 17.7. The van der Waals surface area contributed by atoms with Crippen LogP contribution < -0.4 is 15.8 Å². The topological polar surface area (TPSA) is 108 Å². The van der Waals surface area contributed by atoms with E-state index in [9.17, 15) is 4.79 Å². The van der Waals surface area contributed by atoms with E-state index in [0.717, 1.165) is 28.1 Å². The molecular formula is C18H22N6O2. The number of hydrogen-bond acceptors (Lipinski definition) is 6. The van der Waals surface area contributed by atoms with Gasteiger partial charge in [0.25, 0.3) is 0 Å². The minimum atomic E-state index is -0.518. The van der Waals surface area contributed by atoms with Crippen molar-refractivity contribution in [3.63, 3.8) is 0 Å². The van der Waals surface area contributed by atoms with E-state index in [1.807, 2.05) is 26.8 Å². The van der Waals surface area contributed by atoms with Crippen LogP contribution >= 0.6 is 0 Å². The fourth-order valence-electron chi connectivity index (χ4n) is 2.96. The van der Waals surface area contributed by atoms with Gasteiger partial charge in [0, 0.05) is 5.69 Å². The Labute approximate surface area is 151 Å². The lowest BCUT2D eigenvalue weighted by molar-refractivity contribution is -0.118. The second kappa shape index (κ2) is 6.62. The summed E-state index contributed by atoms with van der Waals surface area (Å²) in [6, 6.07) is 1.40. The van der Waals surface area contributed by atoms with Gasteiger partial charge in [0.1, 0.15) is 23.6 Å². The smallest absolute Gasteiger partial charge is 0.247 e. The van der Waals surface area contributed by atoms with E-state index >= 15 is 0 Å². The molecule has 0 saturated carbocycles. The lowest BCUT2D eigenvalue weighted by Crippen LogP contribution is -2.24. The van der Waals surface area contributed by atoms with Crippen molar-refractivity contribution in [3.8, 4) is 5.75 Å². The van der Waals surface area contributed by atoms with E-state index in [4.69, 9.17) is 10.5 Å². The maximum Gasteiger partial charge on any atom is 0.247 e. The summed E-state index contributed by atoms with van der Waals surface area (Å²) in [7, 11) is 1.64. The number of benzene rings is 1. The van der Waals surface area contributed by atoms with E-state index in [0.29, 0.717) is 17.0 Å². The van der Waals surface area contributed by atoms with Gasteiger partial charge in [-0.1, -0.05) is 0 Å². The average molecular weight is 354 g/mol. The molecule has 3 rings (SSSR count). The van der Waals surface area contributed by atoms with Gasteiger partial charge in [0.15, 0.2) is 11.5 Å². The molecule has 1 unspecified atom stereocenters. The monoisotopic (exact) mass is 354 g/mol. The van der Waals surface area contributed by atoms with Crippen molar-refractivity contribution in [2.45, 2.75) is 33.7 Å². The van der Waals surface area contributed by atoms with Gasteiger partial charge < -0.3 is 20.4 Å². The predicted octanol–water partition coefficient (Wildman–Crippen LogP) is 2.54. The van der Waals surface area contributed by atoms with Gasteiger partial charge >= 0.3 is 0 Å². The molecule has 136 valence electrons. The van der Waals surface area contributed by atoms with E-state index in [1.165, 1.54) is 6.33 Å². The zero-order chi connectivity index (χ0) is 19.0. The van der Waals surface area contributed by atoms with Crippen LogP contribution in [-0.2, 0) is 4.79 Å². The second-order valence-corrected chi connectivity index (χ2v) is 6.27. The quantitative estimate of drug-likeness (QED) is 0.745. The number of nitrogens with zero attached hydrogens (tertiary/aromatic N) is 4. The summed E-state index contributed by atoms with van der Waals surface area (Å²) in [6.45, 7) is 7.66. The normalized spacial score (nSPS) is 12.2. The molecule has 2 aromatic heterocycles. The minimum Gasteiger partial charge on any atom is -0.496 e. The van der Waals surface area contributed by atoms with Crippen molar-refractivity contribution in [3.05, 3.63) is 35.4 Å². The summed E-state index contributed by atoms with van der Waals surface area (Å²) in [5.74, 6) is 0.926. The third kappa shape index (κ3) is 2.83. The predicted molar refractivity (Wildman–Crippen MR) is 100 cm³/mol. The highest BCUT2D eigenvalue weighted by Crippen LogP contribution is 2.31. The Kier molecular flexibility index (Phi) is 4.50. The molecule has 0 bridgehead atoms. The molecule has 3 N–H and O–H groups in total. The number of rotatable bonds is 4. The summed E-state index contributed by atoms with van der Waals surface area (Å²) >= 11 is 0. The zero-order valence-electron chi connectivity index (χ0n) is 15.5. The Bertz CT molecular complexity index is 995. The lowest BCUT2D eigenvalue weighted by Gasteiger charge is -2.19. The third-order valence-electron chi connectivity index (χ3n) is 4.70. The van der Waals surface area contributed by atoms with Crippen molar-refractivity contribution in [1.82, 2.24) is 19.5 Å². The number of methoxy groups -OCH3 is 1. The molecule has 0 saturated heterocycles. The minimum absolute atomic E-state index is 0.169. The molecule has 3 aromatic rings. The second-order valence-electron chi connectivity index (χ2n) is 6.27. The Morgan fingerprint density at radius 2 is 1.96 bits per heavy atom. The number of anilines is 2. The van der Waals surface area contributed by atoms with Crippen LogP contribution in [0.3, 0.4) is 0 Å². The first-order valence-corrected chi connectivity index (χ1v) is 8.23. The average Bonchev–Trinajstić information content (AvgIpc) is 3.06. The molecule has 8 nitrogen and oxygen atoms in total. The SMILES string of the molecule is COc1cc(C)c(NC(=O)C(C)n2cnc3c(N)ncnc32)c(C)c1C. The number of carbonyl (C=O) groups is 1. The first-order chi connectivity index (χ1) is 12.3. The van der Waals surface area contributed by atoms with Crippen LogP contribution in [0.15, 0.2) is 18.7 Å². The number of ether oxygens (including phenoxy) is 1. The maximum absolute atomic E-state index is 12.8. The standard InChI is InChI=1S/C18H22N6O2/c1-9-6-13(26-5)10(2)11(3)14(9)23-18(25)12(4)24-8-22-15-16(19)20-7-21-17(15)24/h6-8,12H,1-5H3,(H,23,25)(H2,19,20,21). The number of nitrogens with two attached hydrogens (primary N) is 1. The Morgan fingerprint density at radius 1 is 1.23 bits per heavy atom. The third-order valence-corrected chi connectivity index (χ3v) is 4.70. The van der Waals surface area contributed by atoms with Crippen LogP contribution in [0, 0.1) is 20.8 Å². The molecule has 1 aromatic carbocycles. The highest BCUT2D eigenvalue weighted by Gasteiger charge is 2.21. The van der Waals surface area contributed by atoms with Crippen molar-refractivity contribution in [2.24, 2.45) is 0 Å². The molecule has 1 amide bonds. The fraction of sp³-hybridized carbons (Fsp3) is 0.333. The van der Waals surface area contributed by atoms with Gasteiger partial charge in [-0.15, -0.1) is 0 Å². The van der Waals surface area contributed by atoms with E-state index < -0.39 is 6.04 Å². The Hall–Kier alpha value is -3.16. The maximum atomic E-state index is 12.8. The molecule has 0 aliphatic rings. The molecule has 2 heterocycles. The summed E-state index contributed by atoms with van der Waals surface area (Å²) in [5, 5.41) is 3.02. The molecule has 0 aliphatic heterocycles. The van der Waals surface area contributed by atoms with Gasteiger partial charge in [-0.25, -0.2) is 15.0 Å². The van der Waals surface area contributed by atoms with Crippen LogP contribution in [0.5, 0.6) is 5.75 Å². The molecular weight excluding hydrogens is 332 g/mol. The number of aryl methyl sites for hydroxylation is 1. The van der Waals surface area contributed by atoms with E-state index in [-0.39, 0.29) is 5.91 Å². The van der Waals surface area contributed by atoms with Crippen molar-refractivity contribution < 1.29 is 9.53 Å². The van der Waals surface area contributed by atoms with Gasteiger partial charge in [-0.2, -0.15) is 0 Å². The Balaban J connectivity index is 1.93. The van der Waals surface area contributed by atoms with Crippen LogP contribution in [0.4, 0.5) is 11.5 Å². The highest BCUT2D eigenvalue weighted by atomic mass is 16.5. The van der Waals surface area contributed by atoms with Gasteiger partial charge in [0.2, 0.25) is 5.91 Å². The number of carbonyl (C=O) groups excluding carboxylic acids is 1. The molecule has 0 radical (unpaired) electrons. The molecule has 1 atom stereocenters. The van der Waals surface area contributed by atoms with Crippen LogP contribution in [-0.4, -0.2) is 32.5 Å². The van der Waals surface area contributed by atoms with Crippen LogP contribution in [0.2, 0.25) is 0 Å². The summed E-state index contributed by atoms with van der Waals surface area (Å²) in [6.07, 6.45) is 2.92. The number of fused-ring (bicyclic) bond motifs is 1. The summed E-state index contributed by atoms with van der Waals surface area (Å²) in [4.78, 5) is 25.2. The summed E-state index contributed by atoms with van der Waals surface area (Å²) < 4.78 is 7.07. The van der Waals surface area contributed by atoms with Gasteiger partial charge in [-0.3, -0.25) is 4.79 Å². The van der Waals surface area contributed by atoms with Crippen molar-refractivity contribution in [1.29, 1.82) is 0 Å². The zero-order valence-corrected chi connectivity index (χ0v) is 15.5. The molecule has 0 spiro atoms. The largest absolute Gasteiger partial charge is 0.496 e. The highest BCUT2D eigenvalue weighted by molar-refractivity contribution is 5.96. The fourth-order valence-corrected chi connectivity index (χ4v) is 2.96. The number of imidazole rings is 1. The molecule has 26 heavy (non-hydrogen) atoms. The summed E-state index contributed by atoms with van der Waals surface area (Å²) in [5.41, 5.74) is 10.5. The van der Waals surface area contributed by atoms with Crippen LogP contribution in [0.25, 0.3) is 11.2 Å². The number of aromatic nitrogens is 4. The van der Waals surface area contributed by atoms with Gasteiger partial charge in [0.05, 0.1) is 13.4 Å². The first-order valence-electron chi connectivity index (χ1n) is 8.23.